The van der Waals surface area contributed by atoms with Gasteiger partial charge < -0.3 is 9.53 Å². The molecule has 0 atom stereocenters. The fourth-order valence-corrected chi connectivity index (χ4v) is 1.41. The van der Waals surface area contributed by atoms with Crippen molar-refractivity contribution in [3.05, 3.63) is 36.5 Å². The second kappa shape index (κ2) is 14.4. The van der Waals surface area contributed by atoms with Crippen LogP contribution in [0.2, 0.25) is 0 Å². The average molecular weight is 264 g/mol. The van der Waals surface area contributed by atoms with Gasteiger partial charge >= 0.3 is 5.97 Å². The smallest absolute Gasteiger partial charge is 0.305 e. The van der Waals surface area contributed by atoms with Crippen molar-refractivity contribution in [2.75, 3.05) is 7.11 Å². The maximum atomic E-state index is 10.8. The van der Waals surface area contributed by atoms with Crippen LogP contribution in [0.15, 0.2) is 36.5 Å². The molecule has 3 nitrogen and oxygen atoms in total. The van der Waals surface area contributed by atoms with Crippen LogP contribution in [0, 0.1) is 0 Å². The van der Waals surface area contributed by atoms with Crippen LogP contribution in [0.4, 0.5) is 0 Å². The molecule has 106 valence electrons. The summed E-state index contributed by atoms with van der Waals surface area (Å²) in [6.45, 7) is 0. The number of methoxy groups -OCH3 is 1. The molecule has 0 N–H and O–H groups in total. The molecule has 0 fully saturated rings. The Hall–Kier alpha value is -1.64. The highest BCUT2D eigenvalue weighted by molar-refractivity contribution is 5.69. The summed E-state index contributed by atoms with van der Waals surface area (Å²) in [6.07, 6.45) is 18.9. The van der Waals surface area contributed by atoms with Gasteiger partial charge in [-0.3, -0.25) is 4.79 Å². The van der Waals surface area contributed by atoms with Gasteiger partial charge in [-0.2, -0.15) is 0 Å². The molecule has 3 heteroatoms. The van der Waals surface area contributed by atoms with Crippen LogP contribution < -0.4 is 0 Å². The normalized spacial score (nSPS) is 11.6. The SMILES string of the molecule is COC(=O)CCC/C=C\C/C=C\C/C=C\CCC=O. The van der Waals surface area contributed by atoms with E-state index in [9.17, 15) is 9.59 Å². The van der Waals surface area contributed by atoms with E-state index in [2.05, 4.69) is 35.1 Å². The molecule has 0 unspecified atom stereocenters. The standard InChI is InChI=1S/C16H24O3/c1-19-16(18)14-12-10-8-6-4-2-3-5-7-9-11-13-15-17/h2-3,6-9,15H,4-5,10-14H2,1H3/b3-2-,8-6-,9-7-. The number of rotatable bonds is 11. The van der Waals surface area contributed by atoms with E-state index in [0.717, 1.165) is 38.4 Å². The van der Waals surface area contributed by atoms with Crippen LogP contribution in [0.5, 0.6) is 0 Å². The van der Waals surface area contributed by atoms with Crippen LogP contribution in [-0.4, -0.2) is 19.4 Å². The number of carbonyl (C=O) groups is 2. The highest BCUT2D eigenvalue weighted by atomic mass is 16.5. The van der Waals surface area contributed by atoms with Crippen LogP contribution in [0.25, 0.3) is 0 Å². The summed E-state index contributed by atoms with van der Waals surface area (Å²) in [4.78, 5) is 20.9. The Labute approximate surface area is 116 Å². The number of carbonyl (C=O) groups excluding carboxylic acids is 2. The number of ether oxygens (including phenoxy) is 1. The summed E-state index contributed by atoms with van der Waals surface area (Å²) < 4.78 is 4.56. The molecule has 0 aromatic carbocycles. The monoisotopic (exact) mass is 264 g/mol. The fourth-order valence-electron chi connectivity index (χ4n) is 1.41. The van der Waals surface area contributed by atoms with Gasteiger partial charge in [-0.25, -0.2) is 0 Å². The molecule has 0 heterocycles. The van der Waals surface area contributed by atoms with Gasteiger partial charge in [0.1, 0.15) is 6.29 Å². The summed E-state index contributed by atoms with van der Waals surface area (Å²) in [5.74, 6) is -0.144. The third kappa shape index (κ3) is 14.3. The summed E-state index contributed by atoms with van der Waals surface area (Å²) in [5, 5.41) is 0. The van der Waals surface area contributed by atoms with Crippen molar-refractivity contribution < 1.29 is 14.3 Å². The van der Waals surface area contributed by atoms with Gasteiger partial charge in [0.25, 0.3) is 0 Å². The van der Waals surface area contributed by atoms with Crippen LogP contribution in [0.1, 0.15) is 44.9 Å². The predicted octanol–water partition coefficient (Wildman–Crippen LogP) is 3.76. The van der Waals surface area contributed by atoms with Gasteiger partial charge in [0.05, 0.1) is 7.11 Å². The molecule has 0 saturated carbocycles. The van der Waals surface area contributed by atoms with Crippen molar-refractivity contribution in [2.24, 2.45) is 0 Å². The number of allylic oxidation sites excluding steroid dienone is 6. The maximum absolute atomic E-state index is 10.8. The second-order valence-electron chi connectivity index (χ2n) is 4.10. The molecule has 0 aliphatic carbocycles. The quantitative estimate of drug-likeness (QED) is 0.247. The van der Waals surface area contributed by atoms with Gasteiger partial charge in [0, 0.05) is 12.8 Å². The van der Waals surface area contributed by atoms with Gasteiger partial charge in [0.15, 0.2) is 0 Å². The zero-order valence-corrected chi connectivity index (χ0v) is 11.7. The van der Waals surface area contributed by atoms with E-state index in [1.807, 2.05) is 6.08 Å². The molecule has 0 aliphatic heterocycles. The van der Waals surface area contributed by atoms with Crippen LogP contribution >= 0.6 is 0 Å². The Balaban J connectivity index is 3.39. The van der Waals surface area contributed by atoms with Crippen molar-refractivity contribution in [3.8, 4) is 0 Å². The molecule has 0 saturated heterocycles. The first-order valence-electron chi connectivity index (χ1n) is 6.76. The minimum atomic E-state index is -0.144. The highest BCUT2D eigenvalue weighted by Gasteiger charge is 1.96. The van der Waals surface area contributed by atoms with E-state index >= 15 is 0 Å². The number of aldehydes is 1. The molecule has 0 aliphatic rings. The zero-order valence-electron chi connectivity index (χ0n) is 11.7. The third-order valence-corrected chi connectivity index (χ3v) is 2.47. The van der Waals surface area contributed by atoms with E-state index in [4.69, 9.17) is 0 Å². The lowest BCUT2D eigenvalue weighted by Gasteiger charge is -1.95. The number of esters is 1. The Bertz CT molecular complexity index is 314. The molecule has 0 aromatic heterocycles. The summed E-state index contributed by atoms with van der Waals surface area (Å²) in [6, 6.07) is 0. The topological polar surface area (TPSA) is 43.4 Å². The Morgan fingerprint density at radius 3 is 2.05 bits per heavy atom. The van der Waals surface area contributed by atoms with Crippen molar-refractivity contribution in [1.82, 2.24) is 0 Å². The summed E-state index contributed by atoms with van der Waals surface area (Å²) in [5.41, 5.74) is 0. The molecular formula is C16H24O3. The maximum Gasteiger partial charge on any atom is 0.305 e. The number of hydrogen-bond donors (Lipinski definition) is 0. The van der Waals surface area contributed by atoms with Gasteiger partial charge in [0.2, 0.25) is 0 Å². The van der Waals surface area contributed by atoms with Crippen LogP contribution in [-0.2, 0) is 14.3 Å². The van der Waals surface area contributed by atoms with Crippen molar-refractivity contribution in [3.63, 3.8) is 0 Å². The lowest BCUT2D eigenvalue weighted by molar-refractivity contribution is -0.140. The van der Waals surface area contributed by atoms with E-state index in [0.29, 0.717) is 12.8 Å². The molecule has 0 rings (SSSR count). The molecule has 0 amide bonds. The van der Waals surface area contributed by atoms with Crippen LogP contribution in [0.3, 0.4) is 0 Å². The first-order valence-corrected chi connectivity index (χ1v) is 6.76. The molecule has 0 aromatic rings. The van der Waals surface area contributed by atoms with E-state index in [-0.39, 0.29) is 5.97 Å². The first kappa shape index (κ1) is 17.4. The van der Waals surface area contributed by atoms with Gasteiger partial charge in [-0.05, 0) is 32.1 Å². The van der Waals surface area contributed by atoms with Crippen molar-refractivity contribution >= 4 is 12.3 Å². The zero-order chi connectivity index (χ0) is 14.2. The fraction of sp³-hybridized carbons (Fsp3) is 0.500. The molecule has 0 spiro atoms. The Morgan fingerprint density at radius 1 is 0.895 bits per heavy atom. The lowest BCUT2D eigenvalue weighted by atomic mass is 10.2. The summed E-state index contributed by atoms with van der Waals surface area (Å²) >= 11 is 0. The number of hydrogen-bond acceptors (Lipinski definition) is 3. The number of unbranched alkanes of at least 4 members (excludes halogenated alkanes) is 2. The first-order chi connectivity index (χ1) is 9.31. The van der Waals surface area contributed by atoms with E-state index in [1.165, 1.54) is 7.11 Å². The second-order valence-corrected chi connectivity index (χ2v) is 4.10. The minimum absolute atomic E-state index is 0.144. The highest BCUT2D eigenvalue weighted by Crippen LogP contribution is 2.00. The van der Waals surface area contributed by atoms with Crippen molar-refractivity contribution in [1.29, 1.82) is 0 Å². The van der Waals surface area contributed by atoms with Crippen molar-refractivity contribution in [2.45, 2.75) is 44.9 Å². The van der Waals surface area contributed by atoms with E-state index < -0.39 is 0 Å². The Morgan fingerprint density at radius 2 is 1.47 bits per heavy atom. The average Bonchev–Trinajstić information content (AvgIpc) is 2.43. The predicted molar refractivity (Wildman–Crippen MR) is 77.8 cm³/mol. The molecular weight excluding hydrogens is 240 g/mol. The van der Waals surface area contributed by atoms with E-state index in [1.54, 1.807) is 0 Å². The van der Waals surface area contributed by atoms with Gasteiger partial charge in [-0.15, -0.1) is 0 Å². The minimum Gasteiger partial charge on any atom is -0.469 e. The largest absolute Gasteiger partial charge is 0.469 e. The molecule has 19 heavy (non-hydrogen) atoms. The summed E-state index contributed by atoms with van der Waals surface area (Å²) in [7, 11) is 1.41. The lowest BCUT2D eigenvalue weighted by Crippen LogP contribution is -1.98. The van der Waals surface area contributed by atoms with Gasteiger partial charge in [-0.1, -0.05) is 36.5 Å². The molecule has 0 bridgehead atoms. The molecule has 0 radical (unpaired) electrons. The Kier molecular flexibility index (Phi) is 13.2. The third-order valence-electron chi connectivity index (χ3n) is 2.47.